The summed E-state index contributed by atoms with van der Waals surface area (Å²) in [5.41, 5.74) is 1.12. The van der Waals surface area contributed by atoms with Crippen molar-refractivity contribution in [2.45, 2.75) is 25.9 Å². The van der Waals surface area contributed by atoms with Crippen molar-refractivity contribution in [2.75, 3.05) is 31.4 Å². The minimum Gasteiger partial charge on any atom is -0.373 e. The summed E-state index contributed by atoms with van der Waals surface area (Å²) in [5.74, 6) is 2.12. The zero-order chi connectivity index (χ0) is 12.7. The third-order valence-corrected chi connectivity index (χ3v) is 3.65. The van der Waals surface area contributed by atoms with E-state index in [1.54, 1.807) is 0 Å². The number of nitrogens with one attached hydrogen (secondary N) is 1. The van der Waals surface area contributed by atoms with Crippen molar-refractivity contribution >= 4 is 17.6 Å². The minimum atomic E-state index is 0.630. The van der Waals surface area contributed by atoms with Crippen LogP contribution in [-0.4, -0.2) is 42.0 Å². The molecule has 0 aliphatic rings. The molecule has 1 unspecified atom stereocenters. The summed E-state index contributed by atoms with van der Waals surface area (Å²) in [5, 5.41) is 3.08. The smallest absolute Gasteiger partial charge is 0.126 e. The van der Waals surface area contributed by atoms with Crippen molar-refractivity contribution in [2.24, 2.45) is 0 Å². The maximum Gasteiger partial charge on any atom is 0.126 e. The lowest BCUT2D eigenvalue weighted by molar-refractivity contribution is 0.245. The summed E-state index contributed by atoms with van der Waals surface area (Å²) in [7, 11) is 4.08. The Hall–Kier alpha value is -0.740. The highest BCUT2D eigenvalue weighted by molar-refractivity contribution is 7.98. The summed E-state index contributed by atoms with van der Waals surface area (Å²) >= 11 is 1.91. The third kappa shape index (κ3) is 4.56. The molecule has 3 nitrogen and oxygen atoms in total. The average molecular weight is 253 g/mol. The molecule has 0 aliphatic carbocycles. The largest absolute Gasteiger partial charge is 0.373 e. The van der Waals surface area contributed by atoms with Gasteiger partial charge in [0.15, 0.2) is 0 Å². The van der Waals surface area contributed by atoms with Gasteiger partial charge in [0.05, 0.1) is 5.69 Å². The van der Waals surface area contributed by atoms with E-state index in [0.717, 1.165) is 18.1 Å². The van der Waals surface area contributed by atoms with Gasteiger partial charge in [-0.05, 0) is 31.9 Å². The topological polar surface area (TPSA) is 28.2 Å². The van der Waals surface area contributed by atoms with E-state index in [2.05, 4.69) is 47.6 Å². The van der Waals surface area contributed by atoms with Gasteiger partial charge in [-0.2, -0.15) is 11.8 Å². The van der Waals surface area contributed by atoms with E-state index in [1.165, 1.54) is 12.2 Å². The van der Waals surface area contributed by atoms with Crippen molar-refractivity contribution in [3.8, 4) is 0 Å². The first-order valence-electron chi connectivity index (χ1n) is 6.04. The van der Waals surface area contributed by atoms with Gasteiger partial charge >= 0.3 is 0 Å². The van der Waals surface area contributed by atoms with Gasteiger partial charge in [-0.25, -0.2) is 4.98 Å². The molecule has 0 aromatic carbocycles. The molecule has 0 aliphatic heterocycles. The molecule has 17 heavy (non-hydrogen) atoms. The molecule has 0 bridgehead atoms. The van der Waals surface area contributed by atoms with E-state index in [9.17, 15) is 0 Å². The van der Waals surface area contributed by atoms with Crippen molar-refractivity contribution in [3.63, 3.8) is 0 Å². The van der Waals surface area contributed by atoms with Gasteiger partial charge in [-0.3, -0.25) is 4.90 Å². The monoisotopic (exact) mass is 253 g/mol. The number of rotatable bonds is 7. The zero-order valence-electron chi connectivity index (χ0n) is 11.2. The zero-order valence-corrected chi connectivity index (χ0v) is 12.0. The van der Waals surface area contributed by atoms with Gasteiger partial charge in [0.2, 0.25) is 0 Å². The van der Waals surface area contributed by atoms with Crippen LogP contribution in [0, 0.1) is 0 Å². The fourth-order valence-electron chi connectivity index (χ4n) is 1.84. The Morgan fingerprint density at radius 3 is 2.82 bits per heavy atom. The van der Waals surface area contributed by atoms with Crippen LogP contribution in [0.2, 0.25) is 0 Å². The van der Waals surface area contributed by atoms with Crippen LogP contribution in [-0.2, 0) is 6.54 Å². The SMILES string of the molecule is CCC(CSC)N(C)Cc1cccc(NC)n1. The number of hydrogen-bond donors (Lipinski definition) is 1. The van der Waals surface area contributed by atoms with Gasteiger partial charge in [-0.15, -0.1) is 0 Å². The van der Waals surface area contributed by atoms with Crippen LogP contribution >= 0.6 is 11.8 Å². The van der Waals surface area contributed by atoms with Crippen LogP contribution in [0.3, 0.4) is 0 Å². The van der Waals surface area contributed by atoms with Crippen molar-refractivity contribution in [1.29, 1.82) is 0 Å². The fraction of sp³-hybridized carbons (Fsp3) is 0.615. The molecule has 4 heteroatoms. The van der Waals surface area contributed by atoms with Crippen molar-refractivity contribution in [3.05, 3.63) is 23.9 Å². The number of thioether (sulfide) groups is 1. The van der Waals surface area contributed by atoms with Crippen LogP contribution in [0.4, 0.5) is 5.82 Å². The highest BCUT2D eigenvalue weighted by Gasteiger charge is 2.12. The highest BCUT2D eigenvalue weighted by atomic mass is 32.2. The van der Waals surface area contributed by atoms with Crippen LogP contribution in [0.15, 0.2) is 18.2 Å². The van der Waals surface area contributed by atoms with Gasteiger partial charge in [-0.1, -0.05) is 13.0 Å². The minimum absolute atomic E-state index is 0.630. The van der Waals surface area contributed by atoms with Crippen LogP contribution in [0.25, 0.3) is 0 Å². The number of hydrogen-bond acceptors (Lipinski definition) is 4. The van der Waals surface area contributed by atoms with E-state index >= 15 is 0 Å². The van der Waals surface area contributed by atoms with E-state index < -0.39 is 0 Å². The standard InChI is InChI=1S/C13H23N3S/c1-5-12(10-17-4)16(3)9-11-7-6-8-13(14-2)15-11/h6-8,12H,5,9-10H2,1-4H3,(H,14,15). The molecule has 96 valence electrons. The molecule has 1 aromatic heterocycles. The molecule has 1 rings (SSSR count). The predicted molar refractivity (Wildman–Crippen MR) is 77.7 cm³/mol. The van der Waals surface area contributed by atoms with Crippen molar-refractivity contribution in [1.82, 2.24) is 9.88 Å². The molecule has 0 spiro atoms. The molecule has 0 radical (unpaired) electrons. The van der Waals surface area contributed by atoms with Crippen molar-refractivity contribution < 1.29 is 0 Å². The predicted octanol–water partition coefficient (Wildman–Crippen LogP) is 2.70. The van der Waals surface area contributed by atoms with Gasteiger partial charge in [0.1, 0.15) is 5.82 Å². The van der Waals surface area contributed by atoms with Gasteiger partial charge < -0.3 is 5.32 Å². The summed E-state index contributed by atoms with van der Waals surface area (Å²) < 4.78 is 0. The molecule has 1 N–H and O–H groups in total. The first-order valence-corrected chi connectivity index (χ1v) is 7.43. The Labute approximate surface area is 109 Å². The quantitative estimate of drug-likeness (QED) is 0.809. The van der Waals surface area contributed by atoms with Crippen LogP contribution in [0.1, 0.15) is 19.0 Å². The Kier molecular flexibility index (Phi) is 6.37. The average Bonchev–Trinajstić information content (AvgIpc) is 2.36. The molecule has 1 atom stereocenters. The first-order chi connectivity index (χ1) is 8.21. The summed E-state index contributed by atoms with van der Waals surface area (Å²) in [6, 6.07) is 6.76. The molecule has 0 saturated carbocycles. The molecular weight excluding hydrogens is 230 g/mol. The lowest BCUT2D eigenvalue weighted by Gasteiger charge is -2.26. The molecule has 0 saturated heterocycles. The summed E-state index contributed by atoms with van der Waals surface area (Å²) in [4.78, 5) is 6.94. The van der Waals surface area contributed by atoms with Gasteiger partial charge in [0.25, 0.3) is 0 Å². The highest BCUT2D eigenvalue weighted by Crippen LogP contribution is 2.12. The Morgan fingerprint density at radius 1 is 1.47 bits per heavy atom. The molecule has 0 fully saturated rings. The number of nitrogens with zero attached hydrogens (tertiary/aromatic N) is 2. The first kappa shape index (κ1) is 14.3. The summed E-state index contributed by atoms with van der Waals surface area (Å²) in [6.45, 7) is 3.16. The second-order valence-electron chi connectivity index (χ2n) is 4.20. The molecule has 0 amide bonds. The lowest BCUT2D eigenvalue weighted by Crippen LogP contribution is -2.32. The van der Waals surface area contributed by atoms with Crippen LogP contribution in [0.5, 0.6) is 0 Å². The fourth-order valence-corrected chi connectivity index (χ4v) is 2.72. The summed E-state index contributed by atoms with van der Waals surface area (Å²) in [6.07, 6.45) is 3.35. The van der Waals surface area contributed by atoms with E-state index in [1.807, 2.05) is 24.9 Å². The Bertz CT molecular complexity index is 330. The second kappa shape index (κ2) is 7.56. The Balaban J connectivity index is 2.62. The molecule has 1 aromatic rings. The van der Waals surface area contributed by atoms with E-state index in [0.29, 0.717) is 6.04 Å². The van der Waals surface area contributed by atoms with Crippen LogP contribution < -0.4 is 5.32 Å². The maximum atomic E-state index is 4.55. The molecule has 1 heterocycles. The number of aromatic nitrogens is 1. The number of anilines is 1. The third-order valence-electron chi connectivity index (χ3n) is 2.93. The number of pyridine rings is 1. The second-order valence-corrected chi connectivity index (χ2v) is 5.11. The normalized spacial score (nSPS) is 12.8. The maximum absolute atomic E-state index is 4.55. The van der Waals surface area contributed by atoms with E-state index in [4.69, 9.17) is 0 Å². The van der Waals surface area contributed by atoms with Gasteiger partial charge in [0, 0.05) is 25.4 Å². The lowest BCUT2D eigenvalue weighted by atomic mass is 10.2. The Morgan fingerprint density at radius 2 is 2.24 bits per heavy atom. The molecular formula is C13H23N3S. The van der Waals surface area contributed by atoms with E-state index in [-0.39, 0.29) is 0 Å².